The summed E-state index contributed by atoms with van der Waals surface area (Å²) >= 11 is 0. The van der Waals surface area contributed by atoms with E-state index < -0.39 is 6.10 Å². The van der Waals surface area contributed by atoms with Crippen LogP contribution in [0.1, 0.15) is 17.0 Å². The highest BCUT2D eigenvalue weighted by Gasteiger charge is 2.26. The van der Waals surface area contributed by atoms with E-state index in [4.69, 9.17) is 4.42 Å². The molecule has 2 heterocycles. The number of β-amino-alcohol motifs (C(OH)–C–C–N with tert-alkyl or cyclic N) is 1. The van der Waals surface area contributed by atoms with E-state index in [1.807, 2.05) is 0 Å². The van der Waals surface area contributed by atoms with Crippen molar-refractivity contribution in [3.63, 3.8) is 0 Å². The molecule has 98 valence electrons. The van der Waals surface area contributed by atoms with Gasteiger partial charge >= 0.3 is 0 Å². The van der Waals surface area contributed by atoms with Gasteiger partial charge in [-0.2, -0.15) is 0 Å². The van der Waals surface area contributed by atoms with E-state index in [9.17, 15) is 14.7 Å². The van der Waals surface area contributed by atoms with Gasteiger partial charge in [-0.3, -0.25) is 9.59 Å². The number of rotatable bonds is 3. The van der Waals surface area contributed by atoms with Crippen LogP contribution in [0.15, 0.2) is 22.8 Å². The van der Waals surface area contributed by atoms with Crippen molar-refractivity contribution < 1.29 is 19.1 Å². The van der Waals surface area contributed by atoms with Crippen molar-refractivity contribution in [2.24, 2.45) is 0 Å². The lowest BCUT2D eigenvalue weighted by molar-refractivity contribution is -0.131. The summed E-state index contributed by atoms with van der Waals surface area (Å²) in [6, 6.07) is 3.18. The predicted molar refractivity (Wildman–Crippen MR) is 62.9 cm³/mol. The summed E-state index contributed by atoms with van der Waals surface area (Å²) in [7, 11) is 1.55. The standard InChI is InChI=1S/C12H16N2O4/c1-13(12(17)10-3-2-6-18-10)8-11(16)14-5-4-9(15)7-14/h2-3,6,9,15H,4-5,7-8H2,1H3/t9-/m0/s1. The van der Waals surface area contributed by atoms with Gasteiger partial charge in [-0.05, 0) is 18.6 Å². The fraction of sp³-hybridized carbons (Fsp3) is 0.500. The Kier molecular flexibility index (Phi) is 3.66. The Hall–Kier alpha value is -1.82. The van der Waals surface area contributed by atoms with Gasteiger partial charge in [0.2, 0.25) is 5.91 Å². The van der Waals surface area contributed by atoms with Crippen molar-refractivity contribution in [3.05, 3.63) is 24.2 Å². The third-order valence-electron chi connectivity index (χ3n) is 2.97. The second-order valence-corrected chi connectivity index (χ2v) is 4.42. The van der Waals surface area contributed by atoms with Crippen LogP contribution in [0, 0.1) is 0 Å². The first-order valence-corrected chi connectivity index (χ1v) is 5.82. The second kappa shape index (κ2) is 5.22. The summed E-state index contributed by atoms with van der Waals surface area (Å²) in [4.78, 5) is 26.6. The lowest BCUT2D eigenvalue weighted by Crippen LogP contribution is -2.40. The molecule has 6 heteroatoms. The minimum atomic E-state index is -0.444. The van der Waals surface area contributed by atoms with Gasteiger partial charge in [-0.15, -0.1) is 0 Å². The summed E-state index contributed by atoms with van der Waals surface area (Å²) < 4.78 is 4.98. The molecule has 0 saturated carbocycles. The molecule has 1 aromatic rings. The van der Waals surface area contributed by atoms with Crippen LogP contribution in [-0.4, -0.2) is 59.5 Å². The molecule has 0 bridgehead atoms. The van der Waals surface area contributed by atoms with Gasteiger partial charge in [-0.1, -0.05) is 0 Å². The van der Waals surface area contributed by atoms with Gasteiger partial charge in [0.05, 0.1) is 18.9 Å². The van der Waals surface area contributed by atoms with Crippen LogP contribution in [0.25, 0.3) is 0 Å². The Balaban J connectivity index is 1.89. The molecule has 2 amide bonds. The fourth-order valence-electron chi connectivity index (χ4n) is 1.93. The minimum Gasteiger partial charge on any atom is -0.459 e. The van der Waals surface area contributed by atoms with Crippen molar-refractivity contribution in [1.29, 1.82) is 0 Å². The van der Waals surface area contributed by atoms with E-state index in [2.05, 4.69) is 0 Å². The normalized spacial score (nSPS) is 19.0. The molecular weight excluding hydrogens is 236 g/mol. The average Bonchev–Trinajstić information content (AvgIpc) is 2.98. The first-order valence-electron chi connectivity index (χ1n) is 5.82. The Morgan fingerprint density at radius 3 is 2.94 bits per heavy atom. The largest absolute Gasteiger partial charge is 0.459 e. The lowest BCUT2D eigenvalue weighted by Gasteiger charge is -2.20. The third-order valence-corrected chi connectivity index (χ3v) is 2.97. The Bertz CT molecular complexity index is 429. The predicted octanol–water partition coefficient (Wildman–Crippen LogP) is -0.0552. The number of nitrogens with zero attached hydrogens (tertiary/aromatic N) is 2. The van der Waals surface area contributed by atoms with Gasteiger partial charge in [0.25, 0.3) is 5.91 Å². The quantitative estimate of drug-likeness (QED) is 0.818. The maximum absolute atomic E-state index is 11.9. The van der Waals surface area contributed by atoms with Crippen molar-refractivity contribution in [2.75, 3.05) is 26.7 Å². The van der Waals surface area contributed by atoms with Crippen LogP contribution in [0.5, 0.6) is 0 Å². The summed E-state index contributed by atoms with van der Waals surface area (Å²) in [6.07, 6.45) is 1.57. The monoisotopic (exact) mass is 252 g/mol. The molecule has 1 aromatic heterocycles. The molecule has 1 atom stereocenters. The number of aliphatic hydroxyl groups excluding tert-OH is 1. The Morgan fingerprint density at radius 2 is 2.39 bits per heavy atom. The maximum atomic E-state index is 11.9. The maximum Gasteiger partial charge on any atom is 0.289 e. The highest BCUT2D eigenvalue weighted by molar-refractivity contribution is 5.94. The number of likely N-dealkylation sites (N-methyl/N-ethyl adjacent to an activating group) is 1. The van der Waals surface area contributed by atoms with Gasteiger partial charge < -0.3 is 19.3 Å². The number of hydrogen-bond donors (Lipinski definition) is 1. The molecule has 1 aliphatic heterocycles. The molecule has 1 aliphatic rings. The topological polar surface area (TPSA) is 74.0 Å². The van der Waals surface area contributed by atoms with Crippen LogP contribution in [0.2, 0.25) is 0 Å². The van der Waals surface area contributed by atoms with Gasteiger partial charge in [0.1, 0.15) is 0 Å². The van der Waals surface area contributed by atoms with Crippen molar-refractivity contribution in [2.45, 2.75) is 12.5 Å². The SMILES string of the molecule is CN(CC(=O)N1CC[C@H](O)C1)C(=O)c1ccco1. The number of furan rings is 1. The van der Waals surface area contributed by atoms with Crippen LogP contribution in [-0.2, 0) is 4.79 Å². The minimum absolute atomic E-state index is 0.00769. The van der Waals surface area contributed by atoms with Gasteiger partial charge in [0.15, 0.2) is 5.76 Å². The van der Waals surface area contributed by atoms with E-state index in [0.29, 0.717) is 19.5 Å². The number of carbonyl (C=O) groups excluding carboxylic acids is 2. The number of hydrogen-bond acceptors (Lipinski definition) is 4. The zero-order valence-electron chi connectivity index (χ0n) is 10.2. The molecule has 0 unspecified atom stereocenters. The van der Waals surface area contributed by atoms with Crippen molar-refractivity contribution >= 4 is 11.8 Å². The number of aliphatic hydroxyl groups is 1. The molecule has 0 aromatic carbocycles. The number of likely N-dealkylation sites (tertiary alicyclic amines) is 1. The summed E-state index contributed by atoms with van der Waals surface area (Å²) in [5.41, 5.74) is 0. The highest BCUT2D eigenvalue weighted by Crippen LogP contribution is 2.10. The van der Waals surface area contributed by atoms with Gasteiger partial charge in [0, 0.05) is 20.1 Å². The summed E-state index contributed by atoms with van der Waals surface area (Å²) in [5.74, 6) is -0.270. The van der Waals surface area contributed by atoms with E-state index in [0.717, 1.165) is 0 Å². The number of carbonyl (C=O) groups is 2. The molecule has 1 saturated heterocycles. The smallest absolute Gasteiger partial charge is 0.289 e. The number of amides is 2. The third kappa shape index (κ3) is 2.70. The van der Waals surface area contributed by atoms with Crippen LogP contribution < -0.4 is 0 Å². The highest BCUT2D eigenvalue weighted by atomic mass is 16.3. The molecular formula is C12H16N2O4. The van der Waals surface area contributed by atoms with E-state index in [1.165, 1.54) is 11.2 Å². The average molecular weight is 252 g/mol. The van der Waals surface area contributed by atoms with Crippen molar-refractivity contribution in [3.8, 4) is 0 Å². The first-order chi connectivity index (χ1) is 8.58. The fourth-order valence-corrected chi connectivity index (χ4v) is 1.93. The second-order valence-electron chi connectivity index (χ2n) is 4.42. The molecule has 0 spiro atoms. The molecule has 2 rings (SSSR count). The molecule has 1 N–H and O–H groups in total. The Labute approximate surface area is 105 Å². The summed E-state index contributed by atoms with van der Waals surface area (Å²) in [5, 5.41) is 9.35. The van der Waals surface area contributed by atoms with Crippen molar-refractivity contribution in [1.82, 2.24) is 9.80 Å². The molecule has 6 nitrogen and oxygen atoms in total. The molecule has 0 aliphatic carbocycles. The lowest BCUT2D eigenvalue weighted by atomic mass is 10.3. The molecule has 1 fully saturated rings. The van der Waals surface area contributed by atoms with E-state index in [1.54, 1.807) is 24.1 Å². The Morgan fingerprint density at radius 1 is 1.61 bits per heavy atom. The van der Waals surface area contributed by atoms with Crippen LogP contribution in [0.3, 0.4) is 0 Å². The first kappa shape index (κ1) is 12.6. The molecule has 0 radical (unpaired) electrons. The van der Waals surface area contributed by atoms with E-state index >= 15 is 0 Å². The van der Waals surface area contributed by atoms with Crippen LogP contribution in [0.4, 0.5) is 0 Å². The zero-order valence-corrected chi connectivity index (χ0v) is 10.2. The van der Waals surface area contributed by atoms with Gasteiger partial charge in [-0.25, -0.2) is 0 Å². The van der Waals surface area contributed by atoms with E-state index in [-0.39, 0.29) is 24.1 Å². The summed E-state index contributed by atoms with van der Waals surface area (Å²) in [6.45, 7) is 0.886. The zero-order chi connectivity index (χ0) is 13.1. The molecule has 18 heavy (non-hydrogen) atoms. The van der Waals surface area contributed by atoms with Crippen LogP contribution >= 0.6 is 0 Å².